The maximum absolute atomic E-state index is 14.5. The summed E-state index contributed by atoms with van der Waals surface area (Å²) in [5.41, 5.74) is 4.45. The van der Waals surface area contributed by atoms with Gasteiger partial charge in [0, 0.05) is 11.1 Å². The van der Waals surface area contributed by atoms with Crippen LogP contribution in [0.1, 0.15) is 62.6 Å². The highest BCUT2D eigenvalue weighted by atomic mass is 79.9. The lowest BCUT2D eigenvalue weighted by molar-refractivity contribution is -0.232. The molecule has 374 valence electrons. The summed E-state index contributed by atoms with van der Waals surface area (Å²) >= 11 is 21.8. The Morgan fingerprint density at radius 2 is 1.07 bits per heavy atom. The molecule has 5 aromatic carbocycles. The number of aromatic nitrogens is 4. The van der Waals surface area contributed by atoms with Crippen molar-refractivity contribution in [3.63, 3.8) is 0 Å². The van der Waals surface area contributed by atoms with E-state index in [0.717, 1.165) is 0 Å². The first-order chi connectivity index (χ1) is 34.6. The lowest BCUT2D eigenvalue weighted by Gasteiger charge is -2.28. The lowest BCUT2D eigenvalue weighted by Crippen LogP contribution is -2.38. The zero-order valence-corrected chi connectivity index (χ0v) is 44.0. The van der Waals surface area contributed by atoms with E-state index in [-0.39, 0.29) is 61.7 Å². The largest absolute Gasteiger partial charge is 0.420 e. The number of alkyl halides is 6. The molecule has 0 saturated carbocycles. The molecular weight excluding hydrogens is 1200 g/mol. The Labute approximate surface area is 449 Å². The third-order valence-corrected chi connectivity index (χ3v) is 11.7. The molecule has 0 radical (unpaired) electrons. The molecular formula is C49H34BBr3Cl2F6N8O4. The molecule has 0 saturated heterocycles. The molecule has 0 aliphatic rings. The predicted octanol–water partition coefficient (Wildman–Crippen LogP) is 15.1. The number of ether oxygens (including phenoxy) is 1. The summed E-state index contributed by atoms with van der Waals surface area (Å²) in [6, 6.07) is 30.7. The summed E-state index contributed by atoms with van der Waals surface area (Å²) in [5, 5.41) is 43.6. The van der Waals surface area contributed by atoms with Gasteiger partial charge in [-0.1, -0.05) is 77.8 Å². The average molecular weight is 1230 g/mol. The Balaban J connectivity index is 0.000000257. The first-order valence-corrected chi connectivity index (χ1v) is 24.5. The fourth-order valence-electron chi connectivity index (χ4n) is 6.97. The summed E-state index contributed by atoms with van der Waals surface area (Å²) in [5.74, 6) is -3.69. The van der Waals surface area contributed by atoms with Gasteiger partial charge in [-0.05, 0) is 103 Å². The first kappa shape index (κ1) is 57.8. The molecule has 0 aliphatic carbocycles. The van der Waals surface area contributed by atoms with Crippen molar-refractivity contribution in [1.82, 2.24) is 20.4 Å². The van der Waals surface area contributed by atoms with Gasteiger partial charge in [0.15, 0.2) is 12.2 Å². The van der Waals surface area contributed by atoms with Crippen LogP contribution in [-0.2, 0) is 24.2 Å². The van der Waals surface area contributed by atoms with Crippen LogP contribution in [0.25, 0.3) is 32.6 Å². The van der Waals surface area contributed by atoms with E-state index in [1.54, 1.807) is 74.5 Å². The third-order valence-electron chi connectivity index (χ3n) is 10.8. The van der Waals surface area contributed by atoms with E-state index in [9.17, 15) is 31.4 Å². The van der Waals surface area contributed by atoms with Gasteiger partial charge < -0.3 is 18.7 Å². The number of nitriles is 2. The minimum Gasteiger partial charge on any atom is -0.420 e. The number of benzene rings is 5. The average Bonchev–Trinajstić information content (AvgIpc) is 4.07. The SMILES string of the molecule is BrB(Br)Br.[C-]#[N+]c1ccc(C[C@@H](c2nnc(-c3ccc(C#N)cc3)o2)[C@H](O)C(F)(F)F)c(C)c1Cl.[C-]#[N+]c1ccc(C[C@@H](c2nnc(-c3ccc(C#N)cc3)o2)[C@H](OCc2ccccc2)C(F)(F)F)c(C)c1Cl. The van der Waals surface area contributed by atoms with Crippen LogP contribution in [0, 0.1) is 49.7 Å². The Bertz CT molecular complexity index is 3160. The van der Waals surface area contributed by atoms with Crippen LogP contribution in [-0.4, -0.2) is 53.2 Å². The number of hydrogen-bond acceptors (Lipinski definition) is 10. The van der Waals surface area contributed by atoms with Gasteiger partial charge >= 0.3 is 15.5 Å². The van der Waals surface area contributed by atoms with Gasteiger partial charge in [0.1, 0.15) is 0 Å². The van der Waals surface area contributed by atoms with E-state index in [1.165, 1.54) is 42.5 Å². The highest BCUT2D eigenvalue weighted by Crippen LogP contribution is 2.41. The van der Waals surface area contributed by atoms with Crippen molar-refractivity contribution in [3.05, 3.63) is 187 Å². The van der Waals surface area contributed by atoms with Gasteiger partial charge in [-0.2, -0.15) is 36.9 Å². The van der Waals surface area contributed by atoms with Crippen LogP contribution in [0.5, 0.6) is 0 Å². The summed E-state index contributed by atoms with van der Waals surface area (Å²) in [4.78, 5) is 6.61. The molecule has 12 nitrogen and oxygen atoms in total. The van der Waals surface area contributed by atoms with Crippen molar-refractivity contribution in [2.45, 2.75) is 69.7 Å². The third kappa shape index (κ3) is 15.7. The van der Waals surface area contributed by atoms with Gasteiger partial charge in [-0.25, -0.2) is 9.69 Å². The lowest BCUT2D eigenvalue weighted by atomic mass is 9.90. The molecule has 0 spiro atoms. The summed E-state index contributed by atoms with van der Waals surface area (Å²) in [6.07, 6.45) is -15.2. The van der Waals surface area contributed by atoms with Crippen LogP contribution in [0.4, 0.5) is 37.7 Å². The Morgan fingerprint density at radius 3 is 1.45 bits per heavy atom. The number of hydrogen-bond donors (Lipinski definition) is 1. The van der Waals surface area contributed by atoms with Crippen molar-refractivity contribution in [2.24, 2.45) is 0 Å². The predicted molar refractivity (Wildman–Crippen MR) is 272 cm³/mol. The zero-order valence-electron chi connectivity index (χ0n) is 37.7. The van der Waals surface area contributed by atoms with Gasteiger partial charge in [0.25, 0.3) is 0 Å². The second kappa shape index (κ2) is 26.2. The maximum atomic E-state index is 14.5. The molecule has 0 amide bonds. The molecule has 0 aliphatic heterocycles. The highest BCUT2D eigenvalue weighted by Gasteiger charge is 2.49. The molecule has 73 heavy (non-hydrogen) atoms. The maximum Gasteiger partial charge on any atom is 0.415 e. The van der Waals surface area contributed by atoms with Crippen LogP contribution in [0.3, 0.4) is 0 Å². The number of halogens is 11. The summed E-state index contributed by atoms with van der Waals surface area (Å²) in [7, 11) is 0. The van der Waals surface area contributed by atoms with Crippen LogP contribution >= 0.6 is 70.5 Å². The number of aliphatic hydroxyl groups is 1. The Morgan fingerprint density at radius 1 is 0.658 bits per heavy atom. The zero-order chi connectivity index (χ0) is 53.6. The van der Waals surface area contributed by atoms with E-state index in [4.69, 9.17) is 60.4 Å². The number of aliphatic hydroxyl groups excluding tert-OH is 1. The fourth-order valence-corrected chi connectivity index (χ4v) is 7.43. The quantitative estimate of drug-likeness (QED) is 0.0668. The Hall–Kier alpha value is -6.08. The molecule has 2 heterocycles. The molecule has 2 aromatic heterocycles. The van der Waals surface area contributed by atoms with E-state index in [1.807, 2.05) is 12.1 Å². The molecule has 7 rings (SSSR count). The van der Waals surface area contributed by atoms with Crippen LogP contribution in [0.2, 0.25) is 10.0 Å². The van der Waals surface area contributed by atoms with Gasteiger partial charge in [0.2, 0.25) is 34.9 Å². The van der Waals surface area contributed by atoms with Crippen LogP contribution < -0.4 is 0 Å². The van der Waals surface area contributed by atoms with E-state index in [0.29, 0.717) is 50.1 Å². The van der Waals surface area contributed by atoms with Crippen molar-refractivity contribution in [2.75, 3.05) is 0 Å². The highest BCUT2D eigenvalue weighted by molar-refractivity contribution is 9.69. The minimum atomic E-state index is -4.93. The molecule has 0 unspecified atom stereocenters. The van der Waals surface area contributed by atoms with E-state index < -0.39 is 42.3 Å². The van der Waals surface area contributed by atoms with E-state index in [2.05, 4.69) is 77.4 Å². The van der Waals surface area contributed by atoms with Crippen molar-refractivity contribution >= 4 is 85.0 Å². The first-order valence-electron chi connectivity index (χ1n) is 21.0. The Kier molecular flexibility index (Phi) is 20.8. The van der Waals surface area contributed by atoms with Gasteiger partial charge in [-0.15, -0.1) is 67.7 Å². The monoisotopic (exact) mass is 1230 g/mol. The normalized spacial score (nSPS) is 12.7. The molecule has 0 fully saturated rings. The molecule has 24 heteroatoms. The van der Waals surface area contributed by atoms with Crippen molar-refractivity contribution in [3.8, 4) is 35.0 Å². The summed E-state index contributed by atoms with van der Waals surface area (Å²) < 4.78 is 100. The minimum absolute atomic E-state index is 0.0107. The molecule has 4 atom stereocenters. The summed E-state index contributed by atoms with van der Waals surface area (Å²) in [6.45, 7) is 17.3. The molecule has 0 bridgehead atoms. The topological polar surface area (TPSA) is 164 Å². The van der Waals surface area contributed by atoms with Gasteiger partial charge in [-0.3, -0.25) is 0 Å². The van der Waals surface area contributed by atoms with Crippen LogP contribution in [0.15, 0.2) is 112 Å². The number of rotatable bonds is 13. The fraction of sp³-hybridized carbons (Fsp3) is 0.224. The van der Waals surface area contributed by atoms with E-state index >= 15 is 0 Å². The smallest absolute Gasteiger partial charge is 0.415 e. The van der Waals surface area contributed by atoms with Crippen molar-refractivity contribution < 1.29 is 45.0 Å². The number of nitrogens with zero attached hydrogens (tertiary/aromatic N) is 8. The molecule has 1 N–H and O–H groups in total. The molecule has 7 aromatic rings. The second-order valence-corrected chi connectivity index (χ2v) is 22.7. The standard InChI is InChI=1S/C28H20ClF3N4O2.C21H14ClF3N4O2.BBr3/c1-17-21(12-13-23(34-2)24(17)29)14-22(25(28(30,31)32)37-16-19-6-4-3-5-7-19)27-36-35-26(38-27)20-10-8-18(15-33)9-11-20;1-11-14(7-8-16(27-2)17(11)22)9-15(18(30)21(23,24)25)20-29-28-19(31-20)13-5-3-12(10-26)4-6-13;2-1(3)4/h3-13,22,25H,14,16H2,1H3;3-8,15,18,30H,9H2,1H3;/t22-,25+;15-,18+;/m11./s1. The second-order valence-electron chi connectivity index (χ2n) is 15.5. The van der Waals surface area contributed by atoms with Crippen molar-refractivity contribution in [1.29, 1.82) is 10.5 Å². The van der Waals surface area contributed by atoms with Gasteiger partial charge in [0.05, 0.1) is 64.9 Å².